The summed E-state index contributed by atoms with van der Waals surface area (Å²) in [6.07, 6.45) is 2.56. The quantitative estimate of drug-likeness (QED) is 0.201. The number of unbranched alkanes of at least 4 members (excludes halogenated alkanes) is 9. The molecule has 0 radical (unpaired) electrons. The van der Waals surface area contributed by atoms with Gasteiger partial charge in [0.1, 0.15) is 0 Å². The monoisotopic (exact) mass is 366 g/mol. The molecule has 0 spiro atoms. The van der Waals surface area contributed by atoms with Crippen LogP contribution in [0.4, 0.5) is 22.0 Å². The minimum atomic E-state index is -5.40. The van der Waals surface area contributed by atoms with Crippen molar-refractivity contribution in [3.63, 3.8) is 0 Å². The molecule has 0 saturated carbocycles. The summed E-state index contributed by atoms with van der Waals surface area (Å²) in [6, 6.07) is 0. The minimum absolute atomic E-state index is 0.0578. The molecule has 0 N–H and O–H groups in total. The zero-order chi connectivity index (χ0) is 15.5. The fourth-order valence-electron chi connectivity index (χ4n) is 2.00. The van der Waals surface area contributed by atoms with Crippen molar-refractivity contribution in [3.8, 4) is 0 Å². The highest BCUT2D eigenvalue weighted by Gasteiger charge is 2.56. The maximum Gasteiger partial charge on any atom is 0.453 e. The lowest BCUT2D eigenvalue weighted by atomic mass is 10.0. The zero-order valence-corrected chi connectivity index (χ0v) is 13.3. The Labute approximate surface area is 126 Å². The SMILES string of the molecule is FC(F)(F)C(F)(F)CCCCCCCCCCCCBr. The molecule has 0 aliphatic carbocycles. The first kappa shape index (κ1) is 20.1. The van der Waals surface area contributed by atoms with Crippen LogP contribution in [0.1, 0.15) is 70.6 Å². The molecule has 0 nitrogen and oxygen atoms in total. The van der Waals surface area contributed by atoms with Crippen molar-refractivity contribution in [1.82, 2.24) is 0 Å². The number of halogens is 6. The van der Waals surface area contributed by atoms with E-state index >= 15 is 0 Å². The van der Waals surface area contributed by atoms with Crippen LogP contribution in [-0.2, 0) is 0 Å². The van der Waals surface area contributed by atoms with E-state index in [0.717, 1.165) is 31.0 Å². The van der Waals surface area contributed by atoms with Crippen LogP contribution in [0.25, 0.3) is 0 Å². The second-order valence-electron chi connectivity index (χ2n) is 5.18. The maximum atomic E-state index is 12.6. The molecule has 0 rings (SSSR count). The van der Waals surface area contributed by atoms with Gasteiger partial charge in [0.05, 0.1) is 0 Å². The molecule has 0 atom stereocenters. The highest BCUT2D eigenvalue weighted by Crippen LogP contribution is 2.39. The van der Waals surface area contributed by atoms with Crippen LogP contribution >= 0.6 is 15.9 Å². The van der Waals surface area contributed by atoms with Crippen LogP contribution in [0.15, 0.2) is 0 Å². The van der Waals surface area contributed by atoms with Crippen molar-refractivity contribution < 1.29 is 22.0 Å². The first-order valence-corrected chi connectivity index (χ1v) is 8.44. The Kier molecular flexibility index (Phi) is 10.9. The summed E-state index contributed by atoms with van der Waals surface area (Å²) in [5.74, 6) is -4.53. The Morgan fingerprint density at radius 2 is 0.900 bits per heavy atom. The molecule has 6 heteroatoms. The summed E-state index contributed by atoms with van der Waals surface area (Å²) in [4.78, 5) is 0. The predicted molar refractivity (Wildman–Crippen MR) is 75.6 cm³/mol. The molecular weight excluding hydrogens is 343 g/mol. The summed E-state index contributed by atoms with van der Waals surface area (Å²) in [5.41, 5.74) is 0. The summed E-state index contributed by atoms with van der Waals surface area (Å²) >= 11 is 3.37. The lowest BCUT2D eigenvalue weighted by molar-refractivity contribution is -0.284. The molecule has 0 aromatic heterocycles. The molecule has 0 aromatic rings. The van der Waals surface area contributed by atoms with Crippen LogP contribution in [0.3, 0.4) is 0 Å². The molecule has 122 valence electrons. The summed E-state index contributed by atoms with van der Waals surface area (Å²) < 4.78 is 60.8. The molecule has 0 aliphatic heterocycles. The second kappa shape index (κ2) is 10.8. The smallest absolute Gasteiger partial charge is 0.196 e. The molecule has 0 heterocycles. The highest BCUT2D eigenvalue weighted by molar-refractivity contribution is 9.09. The molecule has 0 fully saturated rings. The largest absolute Gasteiger partial charge is 0.453 e. The highest BCUT2D eigenvalue weighted by atomic mass is 79.9. The van der Waals surface area contributed by atoms with Crippen LogP contribution < -0.4 is 0 Å². The third-order valence-corrected chi connectivity index (χ3v) is 3.85. The van der Waals surface area contributed by atoms with Crippen molar-refractivity contribution in [2.24, 2.45) is 0 Å². The fraction of sp³-hybridized carbons (Fsp3) is 1.00. The minimum Gasteiger partial charge on any atom is -0.196 e. The lowest BCUT2D eigenvalue weighted by Gasteiger charge is -2.19. The van der Waals surface area contributed by atoms with E-state index in [4.69, 9.17) is 0 Å². The van der Waals surface area contributed by atoms with E-state index in [0.29, 0.717) is 6.42 Å². The number of hydrogen-bond acceptors (Lipinski definition) is 0. The van der Waals surface area contributed by atoms with E-state index in [2.05, 4.69) is 15.9 Å². The van der Waals surface area contributed by atoms with Gasteiger partial charge in [-0.3, -0.25) is 0 Å². The van der Waals surface area contributed by atoms with E-state index in [1.165, 1.54) is 25.7 Å². The van der Waals surface area contributed by atoms with Gasteiger partial charge in [-0.2, -0.15) is 22.0 Å². The van der Waals surface area contributed by atoms with Crippen molar-refractivity contribution in [1.29, 1.82) is 0 Å². The molecule has 0 unspecified atom stereocenters. The van der Waals surface area contributed by atoms with Gasteiger partial charge >= 0.3 is 12.1 Å². The van der Waals surface area contributed by atoms with Gasteiger partial charge in [-0.05, 0) is 12.8 Å². The van der Waals surface area contributed by atoms with Crippen LogP contribution in [0.2, 0.25) is 0 Å². The third-order valence-electron chi connectivity index (χ3n) is 3.29. The van der Waals surface area contributed by atoms with Gasteiger partial charge in [-0.1, -0.05) is 67.3 Å². The fourth-order valence-corrected chi connectivity index (χ4v) is 2.39. The summed E-state index contributed by atoms with van der Waals surface area (Å²) in [6.45, 7) is 0. The molecule has 0 aromatic carbocycles. The number of hydrogen-bond donors (Lipinski definition) is 0. The van der Waals surface area contributed by atoms with Gasteiger partial charge < -0.3 is 0 Å². The van der Waals surface area contributed by atoms with E-state index in [1.807, 2.05) is 0 Å². The van der Waals surface area contributed by atoms with E-state index in [9.17, 15) is 22.0 Å². The van der Waals surface area contributed by atoms with Crippen molar-refractivity contribution >= 4 is 15.9 Å². The Hall–Kier alpha value is 0.130. The van der Waals surface area contributed by atoms with Gasteiger partial charge in [-0.15, -0.1) is 0 Å². The van der Waals surface area contributed by atoms with Crippen LogP contribution in [-0.4, -0.2) is 17.4 Å². The average molecular weight is 367 g/mol. The molecule has 0 aliphatic rings. The standard InChI is InChI=1S/C14H24BrF5/c15-12-10-8-6-4-2-1-3-5-7-9-11-13(16,17)14(18,19)20/h1-12H2. The predicted octanol–water partition coefficient (Wildman–Crippen LogP) is 6.87. The zero-order valence-electron chi connectivity index (χ0n) is 11.8. The number of rotatable bonds is 12. The Morgan fingerprint density at radius 3 is 1.25 bits per heavy atom. The Bertz CT molecular complexity index is 228. The number of alkyl halides is 6. The topological polar surface area (TPSA) is 0 Å². The molecular formula is C14H24BrF5. The van der Waals surface area contributed by atoms with Crippen LogP contribution in [0, 0.1) is 0 Å². The van der Waals surface area contributed by atoms with E-state index in [1.54, 1.807) is 0 Å². The summed E-state index contributed by atoms with van der Waals surface area (Å²) in [5, 5.41) is 1.04. The van der Waals surface area contributed by atoms with Gasteiger partial charge in [0.15, 0.2) is 0 Å². The first-order chi connectivity index (χ1) is 9.31. The first-order valence-electron chi connectivity index (χ1n) is 7.32. The van der Waals surface area contributed by atoms with E-state index in [-0.39, 0.29) is 6.42 Å². The molecule has 20 heavy (non-hydrogen) atoms. The Balaban J connectivity index is 3.33. The average Bonchev–Trinajstić information content (AvgIpc) is 2.34. The Morgan fingerprint density at radius 1 is 0.550 bits per heavy atom. The summed E-state index contributed by atoms with van der Waals surface area (Å²) in [7, 11) is 0. The van der Waals surface area contributed by atoms with Gasteiger partial charge in [0.2, 0.25) is 0 Å². The van der Waals surface area contributed by atoms with Gasteiger partial charge in [0, 0.05) is 11.8 Å². The van der Waals surface area contributed by atoms with Gasteiger partial charge in [-0.25, -0.2) is 0 Å². The van der Waals surface area contributed by atoms with E-state index < -0.39 is 18.5 Å². The van der Waals surface area contributed by atoms with Crippen molar-refractivity contribution in [2.75, 3.05) is 5.33 Å². The molecule has 0 amide bonds. The van der Waals surface area contributed by atoms with Crippen molar-refractivity contribution in [3.05, 3.63) is 0 Å². The molecule has 0 bridgehead atoms. The van der Waals surface area contributed by atoms with Crippen LogP contribution in [0.5, 0.6) is 0 Å². The normalized spacial score (nSPS) is 12.9. The van der Waals surface area contributed by atoms with Crippen molar-refractivity contribution in [2.45, 2.75) is 82.7 Å². The second-order valence-corrected chi connectivity index (χ2v) is 5.97. The van der Waals surface area contributed by atoms with Gasteiger partial charge in [0.25, 0.3) is 0 Å². The molecule has 0 saturated heterocycles. The third kappa shape index (κ3) is 9.94. The maximum absolute atomic E-state index is 12.6. The lowest BCUT2D eigenvalue weighted by Crippen LogP contribution is -2.36.